The summed E-state index contributed by atoms with van der Waals surface area (Å²) < 4.78 is 0. The molecule has 0 saturated carbocycles. The minimum atomic E-state index is -0.0926. The maximum atomic E-state index is 4.69. The molecular formula is CH6N4. The Balaban J connectivity index is 3.14. The van der Waals surface area contributed by atoms with Gasteiger partial charge in [-0.25, -0.2) is 0 Å². The summed E-state index contributed by atoms with van der Waals surface area (Å²) in [5, 5.41) is 2.86. The van der Waals surface area contributed by atoms with E-state index in [9.17, 15) is 0 Å². The van der Waals surface area contributed by atoms with Crippen LogP contribution >= 0.6 is 0 Å². The molecule has 0 aliphatic heterocycles. The lowest BCUT2D eigenvalue weighted by atomic mass is 12.1. The molecule has 0 fully saturated rings. The first-order valence-corrected chi connectivity index (χ1v) is 1.06. The number of nitrogens with two attached hydrogens (primary N) is 3. The van der Waals surface area contributed by atoms with Gasteiger partial charge in [0.2, 0.25) is 5.96 Å². The van der Waals surface area contributed by atoms with E-state index in [1.165, 1.54) is 0 Å². The van der Waals surface area contributed by atoms with Gasteiger partial charge >= 0.3 is 0 Å². The number of guanidine groups is 1. The predicted octanol–water partition coefficient (Wildman–Crippen LogP) is -1.87. The Morgan fingerprint density at radius 1 is 1.40 bits per heavy atom. The van der Waals surface area contributed by atoms with E-state index in [0.717, 1.165) is 0 Å². The van der Waals surface area contributed by atoms with Crippen molar-refractivity contribution >= 4 is 5.96 Å². The first kappa shape index (κ1) is 4.07. The van der Waals surface area contributed by atoms with E-state index in [0.29, 0.717) is 0 Å². The Morgan fingerprint density at radius 2 is 1.60 bits per heavy atom. The zero-order valence-corrected chi connectivity index (χ0v) is 2.68. The highest BCUT2D eigenvalue weighted by Gasteiger charge is 1.62. The van der Waals surface area contributed by atoms with Gasteiger partial charge in [-0.3, -0.25) is 0 Å². The lowest BCUT2D eigenvalue weighted by molar-refractivity contribution is 1.21. The fourth-order valence-corrected chi connectivity index (χ4v) is 0. The summed E-state index contributed by atoms with van der Waals surface area (Å²) in [7, 11) is 0. The summed E-state index contributed by atoms with van der Waals surface area (Å²) in [6, 6.07) is 0. The normalized spacial score (nSPS) is 6.40. The highest BCUT2D eigenvalue weighted by Crippen LogP contribution is 1.31. The molecule has 0 bridgehead atoms. The maximum absolute atomic E-state index is 4.69. The van der Waals surface area contributed by atoms with Crippen LogP contribution in [0.2, 0.25) is 0 Å². The van der Waals surface area contributed by atoms with Gasteiger partial charge < -0.3 is 17.3 Å². The molecular weight excluding hydrogens is 73.0 g/mol. The molecule has 4 heteroatoms. The molecule has 0 heterocycles. The Labute approximate surface area is 29.6 Å². The van der Waals surface area contributed by atoms with Gasteiger partial charge in [0.1, 0.15) is 0 Å². The van der Waals surface area contributed by atoms with Crippen LogP contribution in [0.4, 0.5) is 0 Å². The third-order valence-corrected chi connectivity index (χ3v) is 0.149. The van der Waals surface area contributed by atoms with Crippen molar-refractivity contribution in [3.8, 4) is 0 Å². The quantitative estimate of drug-likeness (QED) is 0.0793. The smallest absolute Gasteiger partial charge is 0.208 e. The summed E-state index contributed by atoms with van der Waals surface area (Å²) in [6.07, 6.45) is 0. The monoisotopic (exact) mass is 79.1 g/mol. The largest absolute Gasteiger partial charge is 0.369 e. The summed E-state index contributed by atoms with van der Waals surface area (Å²) in [5.41, 5.74) is 9.39. The van der Waals surface area contributed by atoms with Crippen molar-refractivity contribution in [3.63, 3.8) is 0 Å². The molecule has 0 unspecified atom stereocenters. The molecule has 0 amide bonds. The summed E-state index contributed by atoms with van der Waals surface area (Å²) >= 11 is 0. The number of hydrogen-bond acceptors (Lipinski definition) is 2. The number of nitrogens with zero attached hydrogens (tertiary/aromatic N) is 1. The second-order valence-corrected chi connectivity index (χ2v) is 0.554. The Hall–Kier alpha value is -0.930. The zero-order chi connectivity index (χ0) is 4.28. The fraction of sp³-hybridized carbons (Fsp3) is 0. The van der Waals surface area contributed by atoms with E-state index < -0.39 is 0 Å². The summed E-state index contributed by atoms with van der Waals surface area (Å²) in [5.74, 6) is 4.42. The van der Waals surface area contributed by atoms with Crippen LogP contribution in [-0.2, 0) is 0 Å². The minimum absolute atomic E-state index is 0.0926. The van der Waals surface area contributed by atoms with Crippen LogP contribution < -0.4 is 17.3 Å². The molecule has 0 rings (SSSR count). The minimum Gasteiger partial charge on any atom is -0.369 e. The molecule has 4 nitrogen and oxygen atoms in total. The van der Waals surface area contributed by atoms with Gasteiger partial charge in [-0.05, 0) is 0 Å². The third kappa shape index (κ3) is 3.07. The lowest BCUT2D eigenvalue weighted by Crippen LogP contribution is -2.23. The van der Waals surface area contributed by atoms with Gasteiger partial charge in [-0.15, -0.1) is 5.10 Å². The van der Waals surface area contributed by atoms with E-state index in [4.69, 9.17) is 11.5 Å². The number of hydrogen-bond donors (Lipinski definition) is 3. The van der Waals surface area contributed by atoms with Crippen molar-refractivity contribution in [2.24, 2.45) is 22.4 Å². The SMILES string of the molecule is [15NH2][15N]=[13C]([15NH2])[15NH2]. The molecule has 30 valence electrons. The van der Waals surface area contributed by atoms with Gasteiger partial charge in [-0.1, -0.05) is 0 Å². The third-order valence-electron chi connectivity index (χ3n) is 0.149. The standard InChI is InChI=1S/CH6N4/c2-1(3)5-4/h4H2,(H4,2,3,5)/i1+1,2+1,3+1,4+1,5+1. The molecule has 0 spiro atoms. The van der Waals surface area contributed by atoms with Gasteiger partial charge in [0.05, 0.1) is 0 Å². The molecule has 0 aliphatic carbocycles. The van der Waals surface area contributed by atoms with E-state index in [2.05, 4.69) is 10.9 Å². The maximum Gasteiger partial charge on any atom is 0.208 e. The van der Waals surface area contributed by atoms with Crippen molar-refractivity contribution in [2.75, 3.05) is 0 Å². The van der Waals surface area contributed by atoms with Gasteiger partial charge in [0.15, 0.2) is 0 Å². The fourth-order valence-electron chi connectivity index (χ4n) is 0. The summed E-state index contributed by atoms with van der Waals surface area (Å²) in [4.78, 5) is 0. The molecule has 6 N–H and O–H groups in total. The van der Waals surface area contributed by atoms with E-state index >= 15 is 0 Å². The van der Waals surface area contributed by atoms with Crippen LogP contribution in [-0.4, -0.2) is 5.96 Å². The highest BCUT2D eigenvalue weighted by molar-refractivity contribution is 5.75. The Morgan fingerprint density at radius 3 is 1.60 bits per heavy atom. The van der Waals surface area contributed by atoms with Crippen LogP contribution in [0.15, 0.2) is 5.10 Å². The van der Waals surface area contributed by atoms with Crippen molar-refractivity contribution < 1.29 is 0 Å². The van der Waals surface area contributed by atoms with Crippen LogP contribution in [0, 0.1) is 0 Å². The molecule has 0 radical (unpaired) electrons. The van der Waals surface area contributed by atoms with Crippen LogP contribution in [0.1, 0.15) is 0 Å². The Kier molecular flexibility index (Phi) is 1.14. The Bertz CT molecular complexity index is 41.6. The molecule has 0 aromatic carbocycles. The second-order valence-electron chi connectivity index (χ2n) is 0.554. The molecule has 0 atom stereocenters. The van der Waals surface area contributed by atoms with Crippen molar-refractivity contribution in [2.45, 2.75) is 0 Å². The zero-order valence-electron chi connectivity index (χ0n) is 2.68. The van der Waals surface area contributed by atoms with Crippen LogP contribution in [0.5, 0.6) is 0 Å². The molecule has 0 aromatic rings. The average Bonchev–Trinajstić information content (AvgIpc) is 1.38. The molecule has 0 saturated heterocycles. The first-order valence-electron chi connectivity index (χ1n) is 1.06. The number of rotatable bonds is 0. The lowest BCUT2D eigenvalue weighted by Gasteiger charge is -1.76. The van der Waals surface area contributed by atoms with Crippen molar-refractivity contribution in [1.29, 1.82) is 0 Å². The van der Waals surface area contributed by atoms with E-state index in [1.807, 2.05) is 0 Å². The molecule has 5 heavy (non-hydrogen) atoms. The topological polar surface area (TPSA) is 90.4 Å². The van der Waals surface area contributed by atoms with E-state index in [1.54, 1.807) is 0 Å². The van der Waals surface area contributed by atoms with Crippen molar-refractivity contribution in [3.05, 3.63) is 0 Å². The average molecular weight is 79.1 g/mol. The van der Waals surface area contributed by atoms with Crippen molar-refractivity contribution in [1.82, 2.24) is 0 Å². The summed E-state index contributed by atoms with van der Waals surface area (Å²) in [6.45, 7) is 0. The molecule has 0 aliphatic rings. The van der Waals surface area contributed by atoms with Crippen LogP contribution in [0.25, 0.3) is 0 Å². The van der Waals surface area contributed by atoms with Gasteiger partial charge in [0.25, 0.3) is 0 Å². The van der Waals surface area contributed by atoms with Gasteiger partial charge in [-0.2, -0.15) is 0 Å². The van der Waals surface area contributed by atoms with Crippen LogP contribution in [0.3, 0.4) is 0 Å². The first-order chi connectivity index (χ1) is 2.27. The molecule has 0 aromatic heterocycles. The predicted molar refractivity (Wildman–Crippen MR) is 20.0 cm³/mol. The second kappa shape index (κ2) is 1.40. The number of hydrazone groups is 1. The highest BCUT2D eigenvalue weighted by atomic mass is 16.2. The van der Waals surface area contributed by atoms with E-state index in [-0.39, 0.29) is 5.96 Å². The van der Waals surface area contributed by atoms with Gasteiger partial charge in [0, 0.05) is 0 Å².